The number of nitrogens with one attached hydrogen (secondary N) is 1. The van der Waals surface area contributed by atoms with Gasteiger partial charge in [0.2, 0.25) is 5.91 Å². The molecule has 2 bridgehead atoms. The monoisotopic (exact) mass is 143 g/mol. The first-order chi connectivity index (χ1) is 4.36. The Labute approximate surface area is 58.4 Å². The molecule has 1 amide bonds. The summed E-state index contributed by atoms with van der Waals surface area (Å²) in [7, 11) is 0. The first-order valence-electron chi connectivity index (χ1n) is 3.24. The fourth-order valence-corrected chi connectivity index (χ4v) is 2.65. The van der Waals surface area contributed by atoms with E-state index in [1.807, 2.05) is 11.8 Å². The van der Waals surface area contributed by atoms with Gasteiger partial charge in [-0.1, -0.05) is 0 Å². The molecule has 0 aromatic rings. The maximum absolute atomic E-state index is 10.9. The predicted octanol–water partition coefficient (Wildman–Crippen LogP) is 0.238. The fourth-order valence-electron chi connectivity index (χ4n) is 1.43. The Morgan fingerprint density at radius 2 is 2.44 bits per heavy atom. The molecule has 2 saturated heterocycles. The molecule has 2 aliphatic rings. The molecule has 2 heterocycles. The zero-order chi connectivity index (χ0) is 6.27. The highest BCUT2D eigenvalue weighted by Crippen LogP contribution is 2.28. The molecule has 2 aliphatic heterocycles. The molecule has 9 heavy (non-hydrogen) atoms. The lowest BCUT2D eigenvalue weighted by atomic mass is 10.1. The van der Waals surface area contributed by atoms with Crippen LogP contribution in [0.1, 0.15) is 6.42 Å². The Morgan fingerprint density at radius 1 is 1.56 bits per heavy atom. The maximum Gasteiger partial charge on any atom is 0.224 e. The highest BCUT2D eigenvalue weighted by atomic mass is 32.2. The third-order valence-corrected chi connectivity index (χ3v) is 3.20. The van der Waals surface area contributed by atoms with Gasteiger partial charge >= 0.3 is 0 Å². The van der Waals surface area contributed by atoms with Crippen molar-refractivity contribution in [3.8, 4) is 0 Å². The van der Waals surface area contributed by atoms with Crippen molar-refractivity contribution < 1.29 is 4.79 Å². The lowest BCUT2D eigenvalue weighted by molar-refractivity contribution is -0.121. The molecular formula is C6H9NOS. The molecule has 0 aromatic carbocycles. The first-order valence-corrected chi connectivity index (χ1v) is 4.40. The second-order valence-corrected chi connectivity index (χ2v) is 3.75. The molecule has 0 spiro atoms. The van der Waals surface area contributed by atoms with Crippen molar-refractivity contribution in [3.05, 3.63) is 0 Å². The van der Waals surface area contributed by atoms with Crippen molar-refractivity contribution in [2.75, 3.05) is 11.5 Å². The lowest BCUT2D eigenvalue weighted by Crippen LogP contribution is -2.26. The molecule has 50 valence electrons. The van der Waals surface area contributed by atoms with Crippen molar-refractivity contribution in [1.29, 1.82) is 0 Å². The van der Waals surface area contributed by atoms with Gasteiger partial charge in [0.1, 0.15) is 0 Å². The van der Waals surface area contributed by atoms with Crippen LogP contribution in [-0.4, -0.2) is 23.5 Å². The SMILES string of the molecule is O=C1N[C@H]2CSC[C@@H]1C2. The van der Waals surface area contributed by atoms with Crippen LogP contribution < -0.4 is 5.32 Å². The number of carbonyl (C=O) groups excluding carboxylic acids is 1. The van der Waals surface area contributed by atoms with Gasteiger partial charge in [-0.2, -0.15) is 11.8 Å². The van der Waals surface area contributed by atoms with Crippen LogP contribution in [0.5, 0.6) is 0 Å². The van der Waals surface area contributed by atoms with Crippen LogP contribution >= 0.6 is 11.8 Å². The van der Waals surface area contributed by atoms with Crippen molar-refractivity contribution in [3.63, 3.8) is 0 Å². The van der Waals surface area contributed by atoms with Gasteiger partial charge in [0.05, 0.1) is 0 Å². The maximum atomic E-state index is 10.9. The summed E-state index contributed by atoms with van der Waals surface area (Å²) in [6.45, 7) is 0. The molecule has 2 rings (SSSR count). The van der Waals surface area contributed by atoms with Crippen LogP contribution in [0.15, 0.2) is 0 Å². The standard InChI is InChI=1S/C6H9NOS/c8-6-4-1-5(7-6)3-9-2-4/h4-5H,1-3H2,(H,7,8)/t4-,5+/m0/s1. The smallest absolute Gasteiger partial charge is 0.224 e. The number of fused-ring (bicyclic) bond motifs is 2. The van der Waals surface area contributed by atoms with Gasteiger partial charge < -0.3 is 5.32 Å². The predicted molar refractivity (Wildman–Crippen MR) is 37.4 cm³/mol. The number of amides is 1. The minimum Gasteiger partial charge on any atom is -0.352 e. The van der Waals surface area contributed by atoms with E-state index in [1.165, 1.54) is 0 Å². The van der Waals surface area contributed by atoms with E-state index >= 15 is 0 Å². The largest absolute Gasteiger partial charge is 0.352 e. The molecule has 0 saturated carbocycles. The van der Waals surface area contributed by atoms with Crippen LogP contribution in [0.3, 0.4) is 0 Å². The molecule has 0 aromatic heterocycles. The van der Waals surface area contributed by atoms with Crippen LogP contribution in [-0.2, 0) is 4.79 Å². The van der Waals surface area contributed by atoms with Gasteiger partial charge in [-0.3, -0.25) is 4.79 Å². The highest BCUT2D eigenvalue weighted by Gasteiger charge is 2.35. The summed E-state index contributed by atoms with van der Waals surface area (Å²) in [6.07, 6.45) is 1.09. The molecule has 2 atom stereocenters. The zero-order valence-corrected chi connectivity index (χ0v) is 5.91. The molecule has 0 unspecified atom stereocenters. The summed E-state index contributed by atoms with van der Waals surface area (Å²) in [4.78, 5) is 10.9. The van der Waals surface area contributed by atoms with Gasteiger partial charge in [-0.25, -0.2) is 0 Å². The van der Waals surface area contributed by atoms with Crippen LogP contribution in [0.2, 0.25) is 0 Å². The molecule has 0 radical (unpaired) electrons. The third kappa shape index (κ3) is 0.834. The Bertz CT molecular complexity index is 148. The van der Waals surface area contributed by atoms with Crippen molar-refractivity contribution >= 4 is 17.7 Å². The zero-order valence-electron chi connectivity index (χ0n) is 5.09. The fraction of sp³-hybridized carbons (Fsp3) is 0.833. The van der Waals surface area contributed by atoms with Gasteiger partial charge in [0, 0.05) is 23.5 Å². The summed E-state index contributed by atoms with van der Waals surface area (Å²) < 4.78 is 0. The molecule has 1 N–H and O–H groups in total. The van der Waals surface area contributed by atoms with E-state index in [4.69, 9.17) is 0 Å². The van der Waals surface area contributed by atoms with E-state index < -0.39 is 0 Å². The topological polar surface area (TPSA) is 29.1 Å². The van der Waals surface area contributed by atoms with E-state index in [2.05, 4.69) is 5.32 Å². The van der Waals surface area contributed by atoms with Crippen LogP contribution in [0.25, 0.3) is 0 Å². The van der Waals surface area contributed by atoms with E-state index in [0.29, 0.717) is 12.0 Å². The Kier molecular flexibility index (Phi) is 1.18. The highest BCUT2D eigenvalue weighted by molar-refractivity contribution is 7.99. The second kappa shape index (κ2) is 1.90. The minimum absolute atomic E-state index is 0.282. The van der Waals surface area contributed by atoms with E-state index in [-0.39, 0.29) is 5.91 Å². The molecular weight excluding hydrogens is 134 g/mol. The summed E-state index contributed by atoms with van der Waals surface area (Å²) >= 11 is 1.89. The summed E-state index contributed by atoms with van der Waals surface area (Å²) in [5.74, 6) is 2.80. The van der Waals surface area contributed by atoms with Crippen molar-refractivity contribution in [2.24, 2.45) is 5.92 Å². The van der Waals surface area contributed by atoms with Crippen LogP contribution in [0.4, 0.5) is 0 Å². The van der Waals surface area contributed by atoms with Crippen LogP contribution in [0, 0.1) is 5.92 Å². The molecule has 3 heteroatoms. The van der Waals surface area contributed by atoms with Crippen molar-refractivity contribution in [1.82, 2.24) is 5.32 Å². The Morgan fingerprint density at radius 3 is 3.11 bits per heavy atom. The van der Waals surface area contributed by atoms with Gasteiger partial charge in [0.15, 0.2) is 0 Å². The number of hydrogen-bond acceptors (Lipinski definition) is 2. The number of hydrogen-bond donors (Lipinski definition) is 1. The molecule has 2 nitrogen and oxygen atoms in total. The van der Waals surface area contributed by atoms with E-state index in [9.17, 15) is 4.79 Å². The summed E-state index contributed by atoms with van der Waals surface area (Å²) in [5.41, 5.74) is 0. The van der Waals surface area contributed by atoms with E-state index in [0.717, 1.165) is 17.9 Å². The third-order valence-electron chi connectivity index (χ3n) is 1.92. The Hall–Kier alpha value is -0.180. The summed E-state index contributed by atoms with van der Waals surface area (Å²) in [5, 5.41) is 2.96. The average molecular weight is 143 g/mol. The van der Waals surface area contributed by atoms with E-state index in [1.54, 1.807) is 0 Å². The normalized spacial score (nSPS) is 40.7. The molecule has 0 aliphatic carbocycles. The lowest BCUT2D eigenvalue weighted by Gasteiger charge is -2.13. The average Bonchev–Trinajstić information content (AvgIpc) is 2.09. The van der Waals surface area contributed by atoms with Gasteiger partial charge in [-0.15, -0.1) is 0 Å². The Balaban J connectivity index is 2.15. The van der Waals surface area contributed by atoms with Gasteiger partial charge in [-0.05, 0) is 6.42 Å². The van der Waals surface area contributed by atoms with Crippen molar-refractivity contribution in [2.45, 2.75) is 12.5 Å². The minimum atomic E-state index is 0.282. The summed E-state index contributed by atoms with van der Waals surface area (Å²) in [6, 6.07) is 0.501. The van der Waals surface area contributed by atoms with Gasteiger partial charge in [0.25, 0.3) is 0 Å². The number of thioether (sulfide) groups is 1. The molecule has 2 fully saturated rings. The number of carbonyl (C=O) groups is 1. The number of rotatable bonds is 0. The quantitative estimate of drug-likeness (QED) is 0.526. The first kappa shape index (κ1) is 5.59. The second-order valence-electron chi connectivity index (χ2n) is 2.68.